The molecule has 23 heavy (non-hydrogen) atoms. The van der Waals surface area contributed by atoms with Crippen molar-refractivity contribution in [3.8, 4) is 11.5 Å². The van der Waals surface area contributed by atoms with E-state index in [-0.39, 0.29) is 11.7 Å². The molecular formula is C18H17NO4. The lowest BCUT2D eigenvalue weighted by molar-refractivity contribution is -0.127. The van der Waals surface area contributed by atoms with Crippen molar-refractivity contribution >= 4 is 16.9 Å². The van der Waals surface area contributed by atoms with Crippen molar-refractivity contribution in [2.75, 3.05) is 0 Å². The molecule has 0 radical (unpaired) electrons. The van der Waals surface area contributed by atoms with E-state index in [1.165, 1.54) is 12.1 Å². The molecule has 2 aromatic carbocycles. The maximum absolute atomic E-state index is 12.1. The monoisotopic (exact) mass is 311 g/mol. The minimum atomic E-state index is -0.649. The molecule has 1 aromatic heterocycles. The summed E-state index contributed by atoms with van der Waals surface area (Å²) in [6.07, 6.45) is -0.649. The van der Waals surface area contributed by atoms with Crippen molar-refractivity contribution in [2.24, 2.45) is 0 Å². The fraction of sp³-hybridized carbons (Fsp3) is 0.167. The molecule has 3 rings (SSSR count). The van der Waals surface area contributed by atoms with E-state index in [1.54, 1.807) is 19.1 Å². The first-order chi connectivity index (χ1) is 11.1. The second-order valence-corrected chi connectivity index (χ2v) is 5.22. The molecule has 0 bridgehead atoms. The Morgan fingerprint density at radius 1 is 1.22 bits per heavy atom. The highest BCUT2D eigenvalue weighted by atomic mass is 16.5. The fourth-order valence-corrected chi connectivity index (χ4v) is 2.22. The van der Waals surface area contributed by atoms with Crippen LogP contribution in [0.5, 0.6) is 11.5 Å². The Labute approximate surface area is 133 Å². The Morgan fingerprint density at radius 2 is 1.96 bits per heavy atom. The zero-order valence-electron chi connectivity index (χ0n) is 12.7. The van der Waals surface area contributed by atoms with Crippen LogP contribution in [-0.4, -0.2) is 17.1 Å². The van der Waals surface area contributed by atoms with Gasteiger partial charge in [0.2, 0.25) is 0 Å². The van der Waals surface area contributed by atoms with Crippen LogP contribution in [-0.2, 0) is 11.3 Å². The van der Waals surface area contributed by atoms with E-state index < -0.39 is 6.10 Å². The lowest BCUT2D eigenvalue weighted by Crippen LogP contribution is -2.35. The number of furan rings is 1. The Balaban J connectivity index is 1.56. The minimum Gasteiger partial charge on any atom is -0.508 e. The highest BCUT2D eigenvalue weighted by Gasteiger charge is 2.15. The van der Waals surface area contributed by atoms with Crippen LogP contribution in [0.1, 0.15) is 12.7 Å². The van der Waals surface area contributed by atoms with Crippen molar-refractivity contribution < 1.29 is 19.1 Å². The maximum Gasteiger partial charge on any atom is 0.261 e. The molecule has 5 nitrogen and oxygen atoms in total. The zero-order chi connectivity index (χ0) is 16.2. The summed E-state index contributed by atoms with van der Waals surface area (Å²) in [6.45, 7) is 1.97. The molecule has 1 heterocycles. The van der Waals surface area contributed by atoms with Crippen LogP contribution in [0.2, 0.25) is 0 Å². The first-order valence-electron chi connectivity index (χ1n) is 7.33. The predicted octanol–water partition coefficient (Wildman–Crippen LogP) is 3.22. The number of hydrogen-bond donors (Lipinski definition) is 2. The summed E-state index contributed by atoms with van der Waals surface area (Å²) in [7, 11) is 0. The van der Waals surface area contributed by atoms with Gasteiger partial charge in [-0.1, -0.05) is 18.2 Å². The smallest absolute Gasteiger partial charge is 0.261 e. The molecule has 1 unspecified atom stereocenters. The lowest BCUT2D eigenvalue weighted by Gasteiger charge is -2.14. The topological polar surface area (TPSA) is 71.7 Å². The summed E-state index contributed by atoms with van der Waals surface area (Å²) in [4.78, 5) is 12.1. The van der Waals surface area contributed by atoms with Crippen LogP contribution in [0.3, 0.4) is 0 Å². The SMILES string of the molecule is CC(Oc1ccc(O)cc1)C(=O)NCc1cc2ccccc2o1. The molecule has 3 aromatic rings. The Bertz CT molecular complexity index is 774. The second kappa shape index (κ2) is 6.44. The first-order valence-corrected chi connectivity index (χ1v) is 7.33. The van der Waals surface area contributed by atoms with Crippen molar-refractivity contribution in [1.82, 2.24) is 5.32 Å². The van der Waals surface area contributed by atoms with E-state index in [9.17, 15) is 9.90 Å². The van der Waals surface area contributed by atoms with Gasteiger partial charge >= 0.3 is 0 Å². The molecule has 0 spiro atoms. The number of fused-ring (bicyclic) bond motifs is 1. The zero-order valence-corrected chi connectivity index (χ0v) is 12.7. The van der Waals surface area contributed by atoms with Gasteiger partial charge in [-0.25, -0.2) is 0 Å². The summed E-state index contributed by atoms with van der Waals surface area (Å²) in [5.41, 5.74) is 0.796. The third-order valence-electron chi connectivity index (χ3n) is 3.43. The number of rotatable bonds is 5. The first kappa shape index (κ1) is 15.0. The van der Waals surface area contributed by atoms with Crippen LogP contribution < -0.4 is 10.1 Å². The number of benzene rings is 2. The highest BCUT2D eigenvalue weighted by molar-refractivity contribution is 5.81. The third kappa shape index (κ3) is 3.63. The molecule has 1 amide bonds. The summed E-state index contributed by atoms with van der Waals surface area (Å²) in [6, 6.07) is 15.8. The van der Waals surface area contributed by atoms with Crippen molar-refractivity contribution in [2.45, 2.75) is 19.6 Å². The van der Waals surface area contributed by atoms with Crippen LogP contribution in [0, 0.1) is 0 Å². The van der Waals surface area contributed by atoms with Gasteiger partial charge in [-0.05, 0) is 43.3 Å². The summed E-state index contributed by atoms with van der Waals surface area (Å²) >= 11 is 0. The minimum absolute atomic E-state index is 0.152. The molecule has 0 saturated heterocycles. The number of carbonyl (C=O) groups excluding carboxylic acids is 1. The predicted molar refractivity (Wildman–Crippen MR) is 86.3 cm³/mol. The van der Waals surface area contributed by atoms with Gasteiger partial charge in [-0.3, -0.25) is 4.79 Å². The number of phenolic OH excluding ortho intramolecular Hbond substituents is 1. The van der Waals surface area contributed by atoms with Gasteiger partial charge in [-0.2, -0.15) is 0 Å². The number of aromatic hydroxyl groups is 1. The van der Waals surface area contributed by atoms with Crippen molar-refractivity contribution in [1.29, 1.82) is 0 Å². The molecule has 118 valence electrons. The summed E-state index contributed by atoms with van der Waals surface area (Å²) in [5, 5.41) is 13.0. The fourth-order valence-electron chi connectivity index (χ4n) is 2.22. The third-order valence-corrected chi connectivity index (χ3v) is 3.43. The Kier molecular flexibility index (Phi) is 4.19. The molecule has 0 saturated carbocycles. The number of carbonyl (C=O) groups is 1. The van der Waals surface area contributed by atoms with Gasteiger partial charge in [0.15, 0.2) is 6.10 Å². The number of amides is 1. The summed E-state index contributed by atoms with van der Waals surface area (Å²) < 4.78 is 11.2. The number of phenols is 1. The van der Waals surface area contributed by atoms with Crippen LogP contribution >= 0.6 is 0 Å². The van der Waals surface area contributed by atoms with E-state index in [0.717, 1.165) is 11.0 Å². The average Bonchev–Trinajstić information content (AvgIpc) is 2.97. The normalized spacial score (nSPS) is 12.0. The van der Waals surface area contributed by atoms with Crippen LogP contribution in [0.4, 0.5) is 0 Å². The highest BCUT2D eigenvalue weighted by Crippen LogP contribution is 2.19. The van der Waals surface area contributed by atoms with Gasteiger partial charge in [0, 0.05) is 5.39 Å². The van der Waals surface area contributed by atoms with Gasteiger partial charge in [-0.15, -0.1) is 0 Å². The molecule has 0 aliphatic carbocycles. The Hall–Kier alpha value is -2.95. The van der Waals surface area contributed by atoms with E-state index in [4.69, 9.17) is 9.15 Å². The second-order valence-electron chi connectivity index (χ2n) is 5.22. The summed E-state index contributed by atoms with van der Waals surface area (Å²) in [5.74, 6) is 1.13. The lowest BCUT2D eigenvalue weighted by atomic mass is 10.2. The Morgan fingerprint density at radius 3 is 2.70 bits per heavy atom. The molecule has 0 aliphatic rings. The van der Waals surface area contributed by atoms with E-state index in [0.29, 0.717) is 18.1 Å². The number of ether oxygens (including phenoxy) is 1. The maximum atomic E-state index is 12.1. The number of para-hydroxylation sites is 1. The van der Waals surface area contributed by atoms with E-state index in [1.807, 2.05) is 30.3 Å². The van der Waals surface area contributed by atoms with Gasteiger partial charge in [0.05, 0.1) is 6.54 Å². The molecule has 1 atom stereocenters. The van der Waals surface area contributed by atoms with Crippen LogP contribution in [0.25, 0.3) is 11.0 Å². The molecule has 0 fully saturated rings. The van der Waals surface area contributed by atoms with E-state index >= 15 is 0 Å². The molecule has 2 N–H and O–H groups in total. The largest absolute Gasteiger partial charge is 0.508 e. The number of nitrogens with one attached hydrogen (secondary N) is 1. The van der Waals surface area contributed by atoms with Crippen LogP contribution in [0.15, 0.2) is 59.0 Å². The number of hydrogen-bond acceptors (Lipinski definition) is 4. The van der Waals surface area contributed by atoms with Gasteiger partial charge < -0.3 is 19.6 Å². The molecule has 5 heteroatoms. The average molecular weight is 311 g/mol. The molecule has 0 aliphatic heterocycles. The van der Waals surface area contributed by atoms with E-state index in [2.05, 4.69) is 5.32 Å². The van der Waals surface area contributed by atoms with Crippen molar-refractivity contribution in [3.05, 3.63) is 60.4 Å². The standard InChI is InChI=1S/C18H17NO4/c1-12(22-15-8-6-14(20)7-9-15)18(21)19-11-16-10-13-4-2-3-5-17(13)23-16/h2-10,12,20H,11H2,1H3,(H,19,21). The quantitative estimate of drug-likeness (QED) is 0.759. The van der Waals surface area contributed by atoms with Crippen molar-refractivity contribution in [3.63, 3.8) is 0 Å². The van der Waals surface area contributed by atoms with Gasteiger partial charge in [0.25, 0.3) is 5.91 Å². The molecular weight excluding hydrogens is 294 g/mol. The van der Waals surface area contributed by atoms with Gasteiger partial charge in [0.1, 0.15) is 22.8 Å².